The minimum absolute atomic E-state index is 0.208. The SMILES string of the molecule is O=C(NCc1ccncc1)c1csc(-c2cccc(OCc3ccccc3Cl)c2)n1. The molecule has 0 aliphatic rings. The van der Waals surface area contributed by atoms with Crippen molar-refractivity contribution in [2.45, 2.75) is 13.2 Å². The first-order valence-electron chi connectivity index (χ1n) is 9.28. The maximum absolute atomic E-state index is 12.4. The van der Waals surface area contributed by atoms with Crippen LogP contribution in [0.4, 0.5) is 0 Å². The van der Waals surface area contributed by atoms with Crippen LogP contribution in [0.2, 0.25) is 5.02 Å². The van der Waals surface area contributed by atoms with Crippen molar-refractivity contribution in [1.82, 2.24) is 15.3 Å². The number of pyridine rings is 1. The molecule has 30 heavy (non-hydrogen) atoms. The molecule has 1 N–H and O–H groups in total. The summed E-state index contributed by atoms with van der Waals surface area (Å²) in [5.41, 5.74) is 3.19. The van der Waals surface area contributed by atoms with Crippen LogP contribution in [0.5, 0.6) is 5.75 Å². The molecule has 5 nitrogen and oxygen atoms in total. The zero-order valence-electron chi connectivity index (χ0n) is 15.9. The van der Waals surface area contributed by atoms with E-state index in [2.05, 4.69) is 15.3 Å². The van der Waals surface area contributed by atoms with Crippen molar-refractivity contribution in [1.29, 1.82) is 0 Å². The van der Waals surface area contributed by atoms with E-state index in [-0.39, 0.29) is 5.91 Å². The molecular formula is C23H18ClN3O2S. The second kappa shape index (κ2) is 9.52. The normalized spacial score (nSPS) is 10.6. The predicted octanol–water partition coefficient (Wildman–Crippen LogP) is 5.37. The van der Waals surface area contributed by atoms with Crippen molar-refractivity contribution < 1.29 is 9.53 Å². The Morgan fingerprint density at radius 2 is 1.90 bits per heavy atom. The standard InChI is InChI=1S/C23H18ClN3O2S/c24-20-7-2-1-4-18(20)14-29-19-6-3-5-17(12-19)23-27-21(15-30-23)22(28)26-13-16-8-10-25-11-9-16/h1-12,15H,13-14H2,(H,26,28). The third-order valence-electron chi connectivity index (χ3n) is 4.37. The van der Waals surface area contributed by atoms with E-state index in [1.54, 1.807) is 17.8 Å². The summed E-state index contributed by atoms with van der Waals surface area (Å²) < 4.78 is 5.88. The van der Waals surface area contributed by atoms with Crippen molar-refractivity contribution in [3.05, 3.63) is 100 Å². The molecule has 0 fully saturated rings. The number of aromatic nitrogens is 2. The summed E-state index contributed by atoms with van der Waals surface area (Å²) in [4.78, 5) is 20.9. The van der Waals surface area contributed by atoms with Crippen LogP contribution in [0.3, 0.4) is 0 Å². The Bertz CT molecular complexity index is 1150. The summed E-state index contributed by atoms with van der Waals surface area (Å²) in [6, 6.07) is 19.0. The van der Waals surface area contributed by atoms with Gasteiger partial charge in [0.2, 0.25) is 0 Å². The monoisotopic (exact) mass is 435 g/mol. The number of ether oxygens (including phenoxy) is 1. The van der Waals surface area contributed by atoms with Gasteiger partial charge < -0.3 is 10.1 Å². The Morgan fingerprint density at radius 3 is 2.73 bits per heavy atom. The lowest BCUT2D eigenvalue weighted by molar-refractivity contribution is 0.0946. The van der Waals surface area contributed by atoms with Gasteiger partial charge in [0.15, 0.2) is 0 Å². The molecule has 0 saturated heterocycles. The number of benzene rings is 2. The number of nitrogens with one attached hydrogen (secondary N) is 1. The lowest BCUT2D eigenvalue weighted by atomic mass is 10.2. The summed E-state index contributed by atoms with van der Waals surface area (Å²) in [7, 11) is 0. The maximum Gasteiger partial charge on any atom is 0.271 e. The largest absolute Gasteiger partial charge is 0.489 e. The number of halogens is 1. The molecule has 0 aliphatic heterocycles. The van der Waals surface area contributed by atoms with Crippen LogP contribution in [-0.4, -0.2) is 15.9 Å². The van der Waals surface area contributed by atoms with Gasteiger partial charge in [0.25, 0.3) is 5.91 Å². The first-order chi connectivity index (χ1) is 14.7. The zero-order chi connectivity index (χ0) is 20.8. The van der Waals surface area contributed by atoms with Crippen LogP contribution < -0.4 is 10.1 Å². The van der Waals surface area contributed by atoms with E-state index in [1.807, 2.05) is 60.7 Å². The highest BCUT2D eigenvalue weighted by Gasteiger charge is 2.12. The molecule has 2 aromatic carbocycles. The molecule has 0 aliphatic carbocycles. The highest BCUT2D eigenvalue weighted by atomic mass is 35.5. The van der Waals surface area contributed by atoms with Crippen LogP contribution in [0, 0.1) is 0 Å². The van der Waals surface area contributed by atoms with Crippen molar-refractivity contribution in [2.24, 2.45) is 0 Å². The quantitative estimate of drug-likeness (QED) is 0.424. The van der Waals surface area contributed by atoms with Crippen LogP contribution >= 0.6 is 22.9 Å². The van der Waals surface area contributed by atoms with E-state index in [1.165, 1.54) is 11.3 Å². The van der Waals surface area contributed by atoms with E-state index in [0.29, 0.717) is 29.6 Å². The summed E-state index contributed by atoms with van der Waals surface area (Å²) in [6.07, 6.45) is 3.40. The summed E-state index contributed by atoms with van der Waals surface area (Å²) in [5.74, 6) is 0.506. The smallest absolute Gasteiger partial charge is 0.271 e. The molecular weight excluding hydrogens is 418 g/mol. The van der Waals surface area contributed by atoms with Gasteiger partial charge in [-0.2, -0.15) is 0 Å². The topological polar surface area (TPSA) is 64.1 Å². The van der Waals surface area contributed by atoms with E-state index >= 15 is 0 Å². The molecule has 0 spiro atoms. The Kier molecular flexibility index (Phi) is 6.37. The Labute approximate surface area is 183 Å². The zero-order valence-corrected chi connectivity index (χ0v) is 17.5. The molecule has 0 unspecified atom stereocenters. The van der Waals surface area contributed by atoms with Crippen LogP contribution in [0.25, 0.3) is 10.6 Å². The van der Waals surface area contributed by atoms with Gasteiger partial charge in [-0.3, -0.25) is 9.78 Å². The number of carbonyl (C=O) groups excluding carboxylic acids is 1. The van der Waals surface area contributed by atoms with E-state index in [0.717, 1.165) is 21.7 Å². The molecule has 4 rings (SSSR count). The van der Waals surface area contributed by atoms with Gasteiger partial charge in [-0.1, -0.05) is 41.9 Å². The molecule has 7 heteroatoms. The predicted molar refractivity (Wildman–Crippen MR) is 119 cm³/mol. The van der Waals surface area contributed by atoms with Crippen LogP contribution in [-0.2, 0) is 13.2 Å². The fourth-order valence-corrected chi connectivity index (χ4v) is 3.77. The third-order valence-corrected chi connectivity index (χ3v) is 5.63. The molecule has 2 heterocycles. The molecule has 0 saturated carbocycles. The third kappa shape index (κ3) is 5.03. The lowest BCUT2D eigenvalue weighted by Crippen LogP contribution is -2.23. The van der Waals surface area contributed by atoms with Gasteiger partial charge >= 0.3 is 0 Å². The number of amides is 1. The van der Waals surface area contributed by atoms with Crippen LogP contribution in [0.15, 0.2) is 78.4 Å². The highest BCUT2D eigenvalue weighted by Crippen LogP contribution is 2.28. The Morgan fingerprint density at radius 1 is 1.07 bits per heavy atom. The average molecular weight is 436 g/mol. The van der Waals surface area contributed by atoms with E-state index < -0.39 is 0 Å². The molecule has 4 aromatic rings. The van der Waals surface area contributed by atoms with Crippen molar-refractivity contribution in [3.63, 3.8) is 0 Å². The minimum Gasteiger partial charge on any atom is -0.489 e. The van der Waals surface area contributed by atoms with E-state index in [4.69, 9.17) is 16.3 Å². The lowest BCUT2D eigenvalue weighted by Gasteiger charge is -2.08. The van der Waals surface area contributed by atoms with Crippen molar-refractivity contribution in [3.8, 4) is 16.3 Å². The number of hydrogen-bond acceptors (Lipinski definition) is 5. The number of nitrogens with zero attached hydrogens (tertiary/aromatic N) is 2. The fourth-order valence-electron chi connectivity index (χ4n) is 2.78. The molecule has 0 atom stereocenters. The van der Waals surface area contributed by atoms with Gasteiger partial charge in [0.1, 0.15) is 23.1 Å². The van der Waals surface area contributed by atoms with Gasteiger partial charge in [0.05, 0.1) is 0 Å². The Hall–Kier alpha value is -3.22. The van der Waals surface area contributed by atoms with Crippen LogP contribution in [0.1, 0.15) is 21.6 Å². The second-order valence-electron chi connectivity index (χ2n) is 6.48. The van der Waals surface area contributed by atoms with Crippen molar-refractivity contribution in [2.75, 3.05) is 0 Å². The van der Waals surface area contributed by atoms with Gasteiger partial charge in [-0.25, -0.2) is 4.98 Å². The molecule has 0 bridgehead atoms. The summed E-state index contributed by atoms with van der Waals surface area (Å²) in [5, 5.41) is 6.07. The number of carbonyl (C=O) groups is 1. The van der Waals surface area contributed by atoms with Gasteiger partial charge in [-0.15, -0.1) is 11.3 Å². The first-order valence-corrected chi connectivity index (χ1v) is 10.5. The Balaban J connectivity index is 1.41. The molecule has 2 aromatic heterocycles. The first kappa shape index (κ1) is 20.1. The maximum atomic E-state index is 12.4. The molecule has 150 valence electrons. The average Bonchev–Trinajstić information content (AvgIpc) is 3.28. The minimum atomic E-state index is -0.208. The summed E-state index contributed by atoms with van der Waals surface area (Å²) in [6.45, 7) is 0.809. The number of thiazole rings is 1. The second-order valence-corrected chi connectivity index (χ2v) is 7.75. The highest BCUT2D eigenvalue weighted by molar-refractivity contribution is 7.13. The number of rotatable bonds is 7. The molecule has 1 amide bonds. The number of hydrogen-bond donors (Lipinski definition) is 1. The summed E-state index contributed by atoms with van der Waals surface area (Å²) >= 11 is 7.61. The van der Waals surface area contributed by atoms with Gasteiger partial charge in [-0.05, 0) is 35.9 Å². The fraction of sp³-hybridized carbons (Fsp3) is 0.0870. The van der Waals surface area contributed by atoms with Crippen molar-refractivity contribution >= 4 is 28.8 Å². The molecule has 0 radical (unpaired) electrons. The van der Waals surface area contributed by atoms with E-state index in [9.17, 15) is 4.79 Å². The van der Waals surface area contributed by atoms with Gasteiger partial charge in [0, 0.05) is 40.5 Å².